The van der Waals surface area contributed by atoms with Gasteiger partial charge in [0.25, 0.3) is 0 Å². The van der Waals surface area contributed by atoms with Crippen molar-refractivity contribution in [3.05, 3.63) is 35.5 Å². The molecule has 154 valence electrons. The Morgan fingerprint density at radius 2 is 2.04 bits per heavy atom. The Bertz CT molecular complexity index is 855. The summed E-state index contributed by atoms with van der Waals surface area (Å²) in [5, 5.41) is 11.8. The van der Waals surface area contributed by atoms with E-state index in [0.717, 1.165) is 32.4 Å². The number of aliphatic hydroxyl groups excluding tert-OH is 1. The number of para-hydroxylation sites is 1. The van der Waals surface area contributed by atoms with Crippen LogP contribution in [0.25, 0.3) is 10.9 Å². The number of hydrogen-bond donors (Lipinski definition) is 2. The Morgan fingerprint density at radius 1 is 1.25 bits per heavy atom. The van der Waals surface area contributed by atoms with Gasteiger partial charge in [0.2, 0.25) is 0 Å². The third kappa shape index (κ3) is 3.22. The van der Waals surface area contributed by atoms with Crippen molar-refractivity contribution >= 4 is 41.7 Å². The first-order valence-corrected chi connectivity index (χ1v) is 9.76. The number of methoxy groups -OCH3 is 1. The van der Waals surface area contributed by atoms with E-state index in [9.17, 15) is 9.90 Å². The highest BCUT2D eigenvalue weighted by Crippen LogP contribution is 2.49. The SMILES string of the molecule is COC(=O)[C@@H]1[C@H]2C[C@H]3c4[nH]c5ccccc5c4CCN3C[C@@H]2CC[C@@H]1O.Cl.Cl. The molecular weight excluding hydrogens is 399 g/mol. The molecule has 1 saturated carbocycles. The quantitative estimate of drug-likeness (QED) is 0.684. The highest BCUT2D eigenvalue weighted by molar-refractivity contribution is 5.86. The molecule has 1 aromatic heterocycles. The Labute approximate surface area is 177 Å². The lowest BCUT2D eigenvalue weighted by atomic mass is 9.65. The number of nitrogens with zero attached hydrogens (tertiary/aromatic N) is 1. The van der Waals surface area contributed by atoms with Gasteiger partial charge in [0.1, 0.15) is 0 Å². The number of nitrogens with one attached hydrogen (secondary N) is 1. The number of aliphatic hydroxyl groups is 1. The fourth-order valence-corrected chi connectivity index (χ4v) is 5.80. The number of rotatable bonds is 1. The molecule has 2 N–H and O–H groups in total. The van der Waals surface area contributed by atoms with Crippen molar-refractivity contribution in [3.8, 4) is 0 Å². The first-order valence-electron chi connectivity index (χ1n) is 9.76. The number of carbonyl (C=O) groups is 1. The summed E-state index contributed by atoms with van der Waals surface area (Å²) in [5.41, 5.74) is 3.96. The Kier molecular flexibility index (Phi) is 6.30. The van der Waals surface area contributed by atoms with Gasteiger partial charge in [0, 0.05) is 29.7 Å². The summed E-state index contributed by atoms with van der Waals surface area (Å²) in [7, 11) is 1.43. The number of aromatic nitrogens is 1. The smallest absolute Gasteiger partial charge is 0.311 e. The summed E-state index contributed by atoms with van der Waals surface area (Å²) >= 11 is 0. The van der Waals surface area contributed by atoms with Gasteiger partial charge in [-0.1, -0.05) is 18.2 Å². The molecule has 3 aliphatic rings. The van der Waals surface area contributed by atoms with E-state index in [-0.39, 0.29) is 42.6 Å². The summed E-state index contributed by atoms with van der Waals surface area (Å²) in [5.74, 6) is 0.0541. The van der Waals surface area contributed by atoms with Crippen molar-refractivity contribution in [3.63, 3.8) is 0 Å². The van der Waals surface area contributed by atoms with Crippen LogP contribution in [0.3, 0.4) is 0 Å². The van der Waals surface area contributed by atoms with Gasteiger partial charge >= 0.3 is 5.97 Å². The fourth-order valence-electron chi connectivity index (χ4n) is 5.80. The number of H-pyrrole nitrogens is 1. The minimum Gasteiger partial charge on any atom is -0.469 e. The molecule has 28 heavy (non-hydrogen) atoms. The Morgan fingerprint density at radius 3 is 2.82 bits per heavy atom. The van der Waals surface area contributed by atoms with Crippen LogP contribution in [-0.4, -0.2) is 47.3 Å². The Balaban J connectivity index is 0.00000112. The molecule has 5 rings (SSSR count). The molecule has 1 aromatic carbocycles. The topological polar surface area (TPSA) is 65.6 Å². The number of ether oxygens (including phenoxy) is 1. The van der Waals surface area contributed by atoms with Crippen LogP contribution >= 0.6 is 24.8 Å². The summed E-state index contributed by atoms with van der Waals surface area (Å²) in [6.07, 6.45) is 3.14. The van der Waals surface area contributed by atoms with Gasteiger partial charge in [0.05, 0.1) is 25.2 Å². The average molecular weight is 427 g/mol. The van der Waals surface area contributed by atoms with Gasteiger partial charge in [-0.15, -0.1) is 24.8 Å². The van der Waals surface area contributed by atoms with Crippen LogP contribution in [0, 0.1) is 17.8 Å². The zero-order valence-corrected chi connectivity index (χ0v) is 17.6. The lowest BCUT2D eigenvalue weighted by Crippen LogP contribution is -2.53. The number of halogens is 2. The van der Waals surface area contributed by atoms with Crippen LogP contribution in [0.4, 0.5) is 0 Å². The third-order valence-corrected chi connectivity index (χ3v) is 7.02. The number of benzene rings is 1. The molecule has 5 atom stereocenters. The number of hydrogen-bond acceptors (Lipinski definition) is 4. The lowest BCUT2D eigenvalue weighted by molar-refractivity contribution is -0.160. The number of aromatic amines is 1. The van der Waals surface area contributed by atoms with Crippen molar-refractivity contribution in [1.82, 2.24) is 9.88 Å². The van der Waals surface area contributed by atoms with E-state index in [2.05, 4.69) is 34.1 Å². The number of piperidine rings is 1. The minimum atomic E-state index is -0.568. The molecule has 7 heteroatoms. The number of carbonyl (C=O) groups excluding carboxylic acids is 1. The molecule has 0 radical (unpaired) electrons. The third-order valence-electron chi connectivity index (χ3n) is 7.02. The summed E-state index contributed by atoms with van der Waals surface area (Å²) in [6.45, 7) is 2.10. The predicted octanol–water partition coefficient (Wildman–Crippen LogP) is 3.49. The van der Waals surface area contributed by atoms with Crippen LogP contribution in [-0.2, 0) is 16.0 Å². The van der Waals surface area contributed by atoms with Crippen molar-refractivity contribution in [2.24, 2.45) is 17.8 Å². The molecule has 0 unspecified atom stereocenters. The molecular formula is C21H28Cl2N2O3. The average Bonchev–Trinajstić information content (AvgIpc) is 3.05. The van der Waals surface area contributed by atoms with Crippen molar-refractivity contribution in [2.45, 2.75) is 37.8 Å². The molecule has 2 fully saturated rings. The summed E-state index contributed by atoms with van der Waals surface area (Å²) < 4.78 is 5.04. The van der Waals surface area contributed by atoms with E-state index in [1.807, 2.05) is 0 Å². The predicted molar refractivity (Wildman–Crippen MR) is 113 cm³/mol. The van der Waals surface area contributed by atoms with Gasteiger partial charge in [-0.2, -0.15) is 0 Å². The molecule has 3 heterocycles. The van der Waals surface area contributed by atoms with Crippen LogP contribution in [0.2, 0.25) is 0 Å². The van der Waals surface area contributed by atoms with Gasteiger partial charge in [-0.3, -0.25) is 9.69 Å². The first-order chi connectivity index (χ1) is 12.7. The number of fused-ring (bicyclic) bond motifs is 6. The normalized spacial score (nSPS) is 31.6. The maximum atomic E-state index is 12.4. The second-order valence-corrected chi connectivity index (χ2v) is 8.18. The van der Waals surface area contributed by atoms with E-state index < -0.39 is 6.10 Å². The number of esters is 1. The summed E-state index contributed by atoms with van der Waals surface area (Å²) in [6, 6.07) is 8.83. The second-order valence-electron chi connectivity index (χ2n) is 8.18. The zero-order chi connectivity index (χ0) is 17.8. The maximum Gasteiger partial charge on any atom is 0.311 e. The largest absolute Gasteiger partial charge is 0.469 e. The van der Waals surface area contributed by atoms with Crippen LogP contribution in [0.5, 0.6) is 0 Å². The van der Waals surface area contributed by atoms with E-state index >= 15 is 0 Å². The molecule has 1 saturated heterocycles. The van der Waals surface area contributed by atoms with Crippen LogP contribution in [0.1, 0.15) is 36.6 Å². The fraction of sp³-hybridized carbons (Fsp3) is 0.571. The van der Waals surface area contributed by atoms with E-state index in [1.165, 1.54) is 29.3 Å². The van der Waals surface area contributed by atoms with Crippen molar-refractivity contribution in [1.29, 1.82) is 0 Å². The van der Waals surface area contributed by atoms with Gasteiger partial charge < -0.3 is 14.8 Å². The maximum absolute atomic E-state index is 12.4. The van der Waals surface area contributed by atoms with Crippen LogP contribution in [0.15, 0.2) is 24.3 Å². The van der Waals surface area contributed by atoms with Crippen molar-refractivity contribution < 1.29 is 14.6 Å². The zero-order valence-electron chi connectivity index (χ0n) is 16.0. The van der Waals surface area contributed by atoms with Gasteiger partial charge in [-0.05, 0) is 49.1 Å². The second kappa shape index (κ2) is 8.23. The minimum absolute atomic E-state index is 0. The monoisotopic (exact) mass is 426 g/mol. The molecule has 0 bridgehead atoms. The molecule has 2 aromatic rings. The molecule has 2 aliphatic heterocycles. The highest BCUT2D eigenvalue weighted by Gasteiger charge is 2.49. The van der Waals surface area contributed by atoms with Crippen LogP contribution < -0.4 is 0 Å². The molecule has 0 spiro atoms. The molecule has 5 nitrogen and oxygen atoms in total. The first kappa shape index (κ1) is 21.4. The molecule has 1 aliphatic carbocycles. The van der Waals surface area contributed by atoms with E-state index in [0.29, 0.717) is 18.4 Å². The lowest BCUT2D eigenvalue weighted by Gasteiger charge is -2.50. The van der Waals surface area contributed by atoms with E-state index in [1.54, 1.807) is 0 Å². The highest BCUT2D eigenvalue weighted by atomic mass is 35.5. The van der Waals surface area contributed by atoms with Crippen molar-refractivity contribution in [2.75, 3.05) is 20.2 Å². The van der Waals surface area contributed by atoms with Gasteiger partial charge in [-0.25, -0.2) is 0 Å². The standard InChI is InChI=1S/C21H26N2O3.2ClH/c1-26-21(25)19-15-10-17-20-14(13-4-2-3-5-16(13)22-20)8-9-23(17)11-12(15)6-7-18(19)24;;/h2-5,12,15,17-19,22,24H,6-11H2,1H3;2*1H/t12-,15-,17-,18-,19+;;/m0../s1. The van der Waals surface area contributed by atoms with Gasteiger partial charge in [0.15, 0.2) is 0 Å². The summed E-state index contributed by atoms with van der Waals surface area (Å²) in [4.78, 5) is 18.6. The van der Waals surface area contributed by atoms with E-state index in [4.69, 9.17) is 4.74 Å². The molecule has 0 amide bonds. The Hall–Kier alpha value is -1.27.